The van der Waals surface area contributed by atoms with Crippen LogP contribution in [0.5, 0.6) is 0 Å². The van der Waals surface area contributed by atoms with Gasteiger partial charge in [0.15, 0.2) is 5.12 Å². The van der Waals surface area contributed by atoms with Gasteiger partial charge in [-0.3, -0.25) is 9.69 Å². The number of carbonyl (C=O) groups excluding carboxylic acids is 3. The van der Waals surface area contributed by atoms with Crippen molar-refractivity contribution in [1.82, 2.24) is 9.21 Å². The Morgan fingerprint density at radius 3 is 1.97 bits per heavy atom. The molecule has 29 heavy (non-hydrogen) atoms. The molecule has 0 radical (unpaired) electrons. The zero-order valence-electron chi connectivity index (χ0n) is 18.1. The third-order valence-electron chi connectivity index (χ3n) is 3.78. The van der Waals surface area contributed by atoms with Gasteiger partial charge in [-0.1, -0.05) is 11.8 Å². The molecule has 0 bridgehead atoms. The summed E-state index contributed by atoms with van der Waals surface area (Å²) >= 11 is 0.954. The lowest BCUT2D eigenvalue weighted by molar-refractivity contribution is -0.109. The van der Waals surface area contributed by atoms with Crippen LogP contribution in [0.25, 0.3) is 0 Å². The van der Waals surface area contributed by atoms with Crippen LogP contribution >= 0.6 is 11.8 Å². The molecule has 1 saturated heterocycles. The second-order valence-corrected chi connectivity index (χ2v) is 11.9. The van der Waals surface area contributed by atoms with Gasteiger partial charge >= 0.3 is 22.4 Å². The van der Waals surface area contributed by atoms with E-state index < -0.39 is 44.5 Å². The minimum Gasteiger partial charge on any atom is -0.444 e. The fourth-order valence-corrected chi connectivity index (χ4v) is 5.04. The third-order valence-corrected chi connectivity index (χ3v) is 5.81. The molecule has 1 aliphatic heterocycles. The van der Waals surface area contributed by atoms with Gasteiger partial charge < -0.3 is 9.47 Å². The zero-order valence-corrected chi connectivity index (χ0v) is 19.8. The maximum absolute atomic E-state index is 12.8. The summed E-state index contributed by atoms with van der Waals surface area (Å²) < 4.78 is 35.7. The van der Waals surface area contributed by atoms with Gasteiger partial charge in [-0.05, 0) is 48.5 Å². The van der Waals surface area contributed by atoms with Crippen LogP contribution in [0.15, 0.2) is 0 Å². The molecule has 2 amide bonds. The number of thioether (sulfide) groups is 1. The van der Waals surface area contributed by atoms with Crippen molar-refractivity contribution in [2.24, 2.45) is 5.14 Å². The number of rotatable bonds is 3. The minimum atomic E-state index is -4.63. The van der Waals surface area contributed by atoms with E-state index in [0.717, 1.165) is 16.7 Å². The molecule has 0 spiro atoms. The summed E-state index contributed by atoms with van der Waals surface area (Å²) in [6.45, 7) is 12.4. The molecule has 0 unspecified atom stereocenters. The van der Waals surface area contributed by atoms with E-state index in [4.69, 9.17) is 14.6 Å². The number of ether oxygens (including phenoxy) is 2. The number of nitrogens with two attached hydrogens (primary N) is 1. The topological polar surface area (TPSA) is 136 Å². The first-order valence-electron chi connectivity index (χ1n) is 9.00. The quantitative estimate of drug-likeness (QED) is 0.688. The van der Waals surface area contributed by atoms with Crippen LogP contribution in [0, 0.1) is 0 Å². The molecule has 168 valence electrons. The predicted octanol–water partition coefficient (Wildman–Crippen LogP) is 2.43. The number of amides is 2. The van der Waals surface area contributed by atoms with Gasteiger partial charge in [0.1, 0.15) is 16.9 Å². The van der Waals surface area contributed by atoms with E-state index in [9.17, 15) is 22.8 Å². The number of hydrogen-bond acceptors (Lipinski definition) is 8. The summed E-state index contributed by atoms with van der Waals surface area (Å²) in [5, 5.41) is 4.68. The standard InChI is InChI=1S/C17H31N3O7S2/c1-11(21)28-12-9-17(8,19(10-12)13(22)26-15(2,3)4)20(29(18,24)25)14(23)27-16(5,6)7/h12H,9-10H2,1-8H3,(H2,18,24,25)/t12-,17-/m1/s1. The van der Waals surface area contributed by atoms with Gasteiger partial charge in [-0.2, -0.15) is 12.7 Å². The highest BCUT2D eigenvalue weighted by atomic mass is 32.2. The summed E-state index contributed by atoms with van der Waals surface area (Å²) in [5.74, 6) is 0. The van der Waals surface area contributed by atoms with Crippen LogP contribution in [0.4, 0.5) is 9.59 Å². The predicted molar refractivity (Wildman–Crippen MR) is 109 cm³/mol. The lowest BCUT2D eigenvalue weighted by Crippen LogP contribution is -2.63. The van der Waals surface area contributed by atoms with Crippen molar-refractivity contribution in [3.8, 4) is 0 Å². The van der Waals surface area contributed by atoms with Gasteiger partial charge in [0.05, 0.1) is 0 Å². The first-order chi connectivity index (χ1) is 12.8. The lowest BCUT2D eigenvalue weighted by Gasteiger charge is -2.42. The number of carbonyl (C=O) groups is 3. The molecule has 1 aliphatic rings. The summed E-state index contributed by atoms with van der Waals surface area (Å²) in [6, 6.07) is 0. The molecule has 0 aromatic heterocycles. The molecule has 1 fully saturated rings. The SMILES string of the molecule is CC(=O)S[C@H]1CN(C(=O)OC(C)(C)C)[C@](C)(N(C(=O)OC(C)(C)C)S(N)(=O)=O)C1. The zero-order chi connectivity index (χ0) is 23.0. The molecule has 10 nitrogen and oxygen atoms in total. The van der Waals surface area contributed by atoms with Crippen LogP contribution in [-0.4, -0.2) is 63.6 Å². The molecule has 12 heteroatoms. The highest BCUT2D eigenvalue weighted by Gasteiger charge is 2.56. The normalized spacial score (nSPS) is 22.9. The van der Waals surface area contributed by atoms with E-state index in [1.54, 1.807) is 41.5 Å². The first kappa shape index (κ1) is 25.5. The molecule has 0 aromatic rings. The Morgan fingerprint density at radius 2 is 1.59 bits per heavy atom. The van der Waals surface area contributed by atoms with Crippen molar-refractivity contribution in [1.29, 1.82) is 0 Å². The van der Waals surface area contributed by atoms with Crippen molar-refractivity contribution in [3.05, 3.63) is 0 Å². The van der Waals surface area contributed by atoms with E-state index in [0.29, 0.717) is 4.31 Å². The Kier molecular flexibility index (Phi) is 7.30. The third kappa shape index (κ3) is 7.03. The average molecular weight is 454 g/mol. The fourth-order valence-electron chi connectivity index (χ4n) is 2.98. The number of nitrogens with zero attached hydrogens (tertiary/aromatic N) is 2. The van der Waals surface area contributed by atoms with Crippen molar-refractivity contribution < 1.29 is 32.3 Å². The molecule has 2 N–H and O–H groups in total. The molecular formula is C17H31N3O7S2. The van der Waals surface area contributed by atoms with Gasteiger partial charge in [-0.25, -0.2) is 14.7 Å². The Labute approximate surface area is 176 Å². The average Bonchev–Trinajstić information content (AvgIpc) is 2.68. The van der Waals surface area contributed by atoms with E-state index in [2.05, 4.69) is 0 Å². The van der Waals surface area contributed by atoms with E-state index >= 15 is 0 Å². The van der Waals surface area contributed by atoms with Crippen LogP contribution in [-0.2, 0) is 24.5 Å². The van der Waals surface area contributed by atoms with E-state index in [1.165, 1.54) is 13.8 Å². The Morgan fingerprint density at radius 1 is 1.10 bits per heavy atom. The van der Waals surface area contributed by atoms with Crippen LogP contribution in [0.1, 0.15) is 61.8 Å². The highest BCUT2D eigenvalue weighted by Crippen LogP contribution is 2.40. The Balaban J connectivity index is 3.46. The molecular weight excluding hydrogens is 422 g/mol. The van der Waals surface area contributed by atoms with Gasteiger partial charge in [-0.15, -0.1) is 0 Å². The van der Waals surface area contributed by atoms with Crippen LogP contribution < -0.4 is 5.14 Å². The largest absolute Gasteiger partial charge is 0.444 e. The second-order valence-electron chi connectivity index (χ2n) is 9.03. The summed E-state index contributed by atoms with van der Waals surface area (Å²) in [5.41, 5.74) is -3.58. The highest BCUT2D eigenvalue weighted by molar-refractivity contribution is 8.14. The smallest absolute Gasteiger partial charge is 0.427 e. The number of likely N-dealkylation sites (tertiary alicyclic amines) is 1. The molecule has 0 aromatic carbocycles. The second kappa shape index (κ2) is 8.31. The fraction of sp³-hybridized carbons (Fsp3) is 0.824. The molecule has 1 heterocycles. The summed E-state index contributed by atoms with van der Waals surface area (Å²) in [6.07, 6.45) is -2.07. The molecule has 1 rings (SSSR count). The molecule has 0 aliphatic carbocycles. The first-order valence-corrected chi connectivity index (χ1v) is 11.4. The Hall–Kier alpha value is -1.53. The van der Waals surface area contributed by atoms with Crippen molar-refractivity contribution in [2.45, 2.75) is 83.9 Å². The van der Waals surface area contributed by atoms with E-state index in [1.807, 2.05) is 0 Å². The maximum atomic E-state index is 12.8. The number of hydrogen-bond donors (Lipinski definition) is 1. The van der Waals surface area contributed by atoms with Gasteiger partial charge in [0, 0.05) is 25.1 Å². The minimum absolute atomic E-state index is 0.00945. The molecule has 2 atom stereocenters. The molecule has 0 saturated carbocycles. The monoisotopic (exact) mass is 453 g/mol. The van der Waals surface area contributed by atoms with Crippen molar-refractivity contribution >= 4 is 39.3 Å². The van der Waals surface area contributed by atoms with Crippen LogP contribution in [0.3, 0.4) is 0 Å². The van der Waals surface area contributed by atoms with Gasteiger partial charge in [0.25, 0.3) is 0 Å². The Bertz CT molecular complexity index is 771. The van der Waals surface area contributed by atoms with Gasteiger partial charge in [0.2, 0.25) is 0 Å². The van der Waals surface area contributed by atoms with E-state index in [-0.39, 0.29) is 18.1 Å². The lowest BCUT2D eigenvalue weighted by atomic mass is 10.1. The van der Waals surface area contributed by atoms with Crippen molar-refractivity contribution in [3.63, 3.8) is 0 Å². The summed E-state index contributed by atoms with van der Waals surface area (Å²) in [7, 11) is -4.63. The maximum Gasteiger partial charge on any atom is 0.427 e. The van der Waals surface area contributed by atoms with Crippen molar-refractivity contribution in [2.75, 3.05) is 6.54 Å². The van der Waals surface area contributed by atoms with Crippen LogP contribution in [0.2, 0.25) is 0 Å². The summed E-state index contributed by atoms with van der Waals surface area (Å²) in [4.78, 5) is 38.3.